The van der Waals surface area contributed by atoms with Gasteiger partial charge in [-0.05, 0) is 46.5 Å². The summed E-state index contributed by atoms with van der Waals surface area (Å²) < 4.78 is 20.9. The average Bonchev–Trinajstić information content (AvgIpc) is 2.89. The summed E-state index contributed by atoms with van der Waals surface area (Å²) in [4.78, 5) is 0. The topological polar surface area (TPSA) is 44.3 Å². The molecule has 0 aromatic heterocycles. The van der Waals surface area contributed by atoms with Crippen molar-refractivity contribution in [2.75, 3.05) is 6.61 Å². The predicted molar refractivity (Wildman–Crippen MR) is 62.0 cm³/mol. The van der Waals surface area contributed by atoms with Crippen LogP contribution in [0.5, 0.6) is 0 Å². The van der Waals surface area contributed by atoms with Gasteiger partial charge in [-0.25, -0.2) is 0 Å². The number of ether oxygens (including phenoxy) is 1. The van der Waals surface area contributed by atoms with Gasteiger partial charge in [-0.15, -0.1) is 4.72 Å². The van der Waals surface area contributed by atoms with Gasteiger partial charge in [0.05, 0.1) is 11.6 Å². The van der Waals surface area contributed by atoms with Crippen LogP contribution in [0, 0.1) is 0 Å². The Kier molecular flexibility index (Phi) is 3.05. The molecule has 3 nitrogen and oxygen atoms in total. The third-order valence-electron chi connectivity index (χ3n) is 3.21. The Bertz CT molecular complexity index is 235. The lowest BCUT2D eigenvalue weighted by molar-refractivity contribution is -0.0233. The first-order chi connectivity index (χ1) is 6.94. The van der Waals surface area contributed by atoms with Crippen molar-refractivity contribution in [2.24, 2.45) is 0 Å². The van der Waals surface area contributed by atoms with Crippen LogP contribution >= 0.6 is 0 Å². The molecule has 88 valence electrons. The Morgan fingerprint density at radius 1 is 1.40 bits per heavy atom. The summed E-state index contributed by atoms with van der Waals surface area (Å²) in [6.07, 6.45) is 4.45. The van der Waals surface area contributed by atoms with Crippen molar-refractivity contribution < 1.29 is 9.29 Å². The second kappa shape index (κ2) is 3.91. The van der Waals surface area contributed by atoms with E-state index in [9.17, 15) is 4.55 Å². The first-order valence-corrected chi connectivity index (χ1v) is 6.91. The monoisotopic (exact) mass is 231 g/mol. The maximum atomic E-state index is 12.0. The van der Waals surface area contributed by atoms with Gasteiger partial charge in [0.2, 0.25) is 0 Å². The molecule has 1 saturated carbocycles. The summed E-state index contributed by atoms with van der Waals surface area (Å²) in [5.74, 6) is 0. The molecule has 0 aromatic carbocycles. The fourth-order valence-corrected chi connectivity index (χ4v) is 2.96. The van der Waals surface area contributed by atoms with Crippen LogP contribution < -0.4 is 4.72 Å². The maximum absolute atomic E-state index is 12.0. The van der Waals surface area contributed by atoms with Crippen LogP contribution in [0.25, 0.3) is 0 Å². The Balaban J connectivity index is 1.93. The van der Waals surface area contributed by atoms with Crippen molar-refractivity contribution in [2.45, 2.75) is 62.8 Å². The quantitative estimate of drug-likeness (QED) is 0.736. The van der Waals surface area contributed by atoms with Crippen molar-refractivity contribution in [3.8, 4) is 0 Å². The maximum Gasteiger partial charge on any atom is 0.136 e. The number of hydrogen-bond donors (Lipinski definition) is 1. The number of nitrogens with one attached hydrogen (secondary N) is 1. The van der Waals surface area contributed by atoms with Crippen molar-refractivity contribution >= 4 is 11.4 Å². The first kappa shape index (κ1) is 11.7. The van der Waals surface area contributed by atoms with E-state index in [-0.39, 0.29) is 10.3 Å². The first-order valence-electron chi connectivity index (χ1n) is 5.76. The molecule has 1 aliphatic heterocycles. The summed E-state index contributed by atoms with van der Waals surface area (Å²) >= 11 is -0.971. The Morgan fingerprint density at radius 3 is 2.60 bits per heavy atom. The van der Waals surface area contributed by atoms with Crippen LogP contribution in [0.15, 0.2) is 0 Å². The molecule has 2 atom stereocenters. The molecule has 1 N–H and O–H groups in total. The Morgan fingerprint density at radius 2 is 2.07 bits per heavy atom. The van der Waals surface area contributed by atoms with Gasteiger partial charge in [-0.1, -0.05) is 0 Å². The van der Waals surface area contributed by atoms with E-state index >= 15 is 0 Å². The highest BCUT2D eigenvalue weighted by Crippen LogP contribution is 2.46. The Hall–Kier alpha value is 0.230. The lowest BCUT2D eigenvalue weighted by Crippen LogP contribution is -2.52. The van der Waals surface area contributed by atoms with Crippen molar-refractivity contribution in [3.63, 3.8) is 0 Å². The SMILES string of the molecule is CC(C)(C)[S+]([O-])N[C@@H]1CCCOC12CC2. The standard InChI is InChI=1S/C11H21NO2S/c1-10(2,3)15(13)12-9-5-4-8-14-11(9)6-7-11/h9,12H,4-8H2,1-3H3/t9-,15?/m1/s1. The molecule has 4 heteroatoms. The second-order valence-electron chi connectivity index (χ2n) is 5.61. The van der Waals surface area contributed by atoms with Crippen LogP contribution in [0.2, 0.25) is 0 Å². The molecule has 0 aromatic rings. The highest BCUT2D eigenvalue weighted by molar-refractivity contribution is 7.90. The van der Waals surface area contributed by atoms with Gasteiger partial charge >= 0.3 is 0 Å². The van der Waals surface area contributed by atoms with Gasteiger partial charge < -0.3 is 9.29 Å². The van der Waals surface area contributed by atoms with Crippen LogP contribution in [-0.4, -0.2) is 27.5 Å². The largest absolute Gasteiger partial charge is 0.598 e. The Labute approximate surface area is 95.3 Å². The summed E-state index contributed by atoms with van der Waals surface area (Å²) in [5.41, 5.74) is 0.0408. The van der Waals surface area contributed by atoms with Crippen molar-refractivity contribution in [1.29, 1.82) is 0 Å². The molecule has 0 radical (unpaired) electrons. The van der Waals surface area contributed by atoms with Gasteiger partial charge in [-0.2, -0.15) is 0 Å². The zero-order valence-electron chi connectivity index (χ0n) is 9.84. The molecule has 1 spiro atoms. The molecule has 2 aliphatic rings. The second-order valence-corrected chi connectivity index (χ2v) is 7.60. The highest BCUT2D eigenvalue weighted by atomic mass is 32.2. The van der Waals surface area contributed by atoms with E-state index < -0.39 is 11.4 Å². The van der Waals surface area contributed by atoms with Crippen LogP contribution in [0.3, 0.4) is 0 Å². The normalized spacial score (nSPS) is 31.6. The summed E-state index contributed by atoms with van der Waals surface area (Å²) in [7, 11) is 0. The molecule has 15 heavy (non-hydrogen) atoms. The smallest absolute Gasteiger partial charge is 0.136 e. The third-order valence-corrected chi connectivity index (χ3v) is 4.82. The minimum atomic E-state index is -0.971. The molecule has 0 bridgehead atoms. The van der Waals surface area contributed by atoms with E-state index in [0.717, 1.165) is 32.3 Å². The molecule has 1 unspecified atom stereocenters. The minimum absolute atomic E-state index is 0.0408. The summed E-state index contributed by atoms with van der Waals surface area (Å²) in [6, 6.07) is 0.298. The van der Waals surface area contributed by atoms with Crippen LogP contribution in [0.4, 0.5) is 0 Å². The van der Waals surface area contributed by atoms with E-state index in [1.807, 2.05) is 20.8 Å². The van der Waals surface area contributed by atoms with Gasteiger partial charge in [0, 0.05) is 18.0 Å². The zero-order chi connectivity index (χ0) is 11.1. The van der Waals surface area contributed by atoms with Gasteiger partial charge in [0.25, 0.3) is 0 Å². The van der Waals surface area contributed by atoms with E-state index in [2.05, 4.69) is 4.72 Å². The summed E-state index contributed by atoms with van der Waals surface area (Å²) in [6.45, 7) is 6.87. The zero-order valence-corrected chi connectivity index (χ0v) is 10.7. The number of rotatable bonds is 2. The molecular formula is C11H21NO2S. The molecule has 2 rings (SSSR count). The third kappa shape index (κ3) is 2.49. The molecule has 2 fully saturated rings. The number of hydrogen-bond acceptors (Lipinski definition) is 3. The molecular weight excluding hydrogens is 210 g/mol. The molecule has 0 amide bonds. The average molecular weight is 231 g/mol. The van der Waals surface area contributed by atoms with Gasteiger partial charge in [0.15, 0.2) is 0 Å². The van der Waals surface area contributed by atoms with E-state index in [1.54, 1.807) is 0 Å². The van der Waals surface area contributed by atoms with E-state index in [1.165, 1.54) is 0 Å². The molecule has 1 heterocycles. The van der Waals surface area contributed by atoms with Crippen molar-refractivity contribution in [3.05, 3.63) is 0 Å². The minimum Gasteiger partial charge on any atom is -0.598 e. The fourth-order valence-electron chi connectivity index (χ4n) is 2.01. The van der Waals surface area contributed by atoms with Gasteiger partial charge in [-0.3, -0.25) is 0 Å². The van der Waals surface area contributed by atoms with Crippen LogP contribution in [0.1, 0.15) is 46.5 Å². The molecule has 1 aliphatic carbocycles. The fraction of sp³-hybridized carbons (Fsp3) is 1.00. The lowest BCUT2D eigenvalue weighted by Gasteiger charge is -2.35. The van der Waals surface area contributed by atoms with E-state index in [4.69, 9.17) is 4.74 Å². The van der Waals surface area contributed by atoms with Crippen molar-refractivity contribution in [1.82, 2.24) is 4.72 Å². The predicted octanol–water partition coefficient (Wildman–Crippen LogP) is 1.75. The highest BCUT2D eigenvalue weighted by Gasteiger charge is 2.54. The summed E-state index contributed by atoms with van der Waals surface area (Å²) in [5, 5.41) is 0. The van der Waals surface area contributed by atoms with Crippen LogP contribution in [-0.2, 0) is 16.1 Å². The van der Waals surface area contributed by atoms with Gasteiger partial charge in [0.1, 0.15) is 4.75 Å². The van der Waals surface area contributed by atoms with E-state index in [0.29, 0.717) is 6.04 Å². The lowest BCUT2D eigenvalue weighted by atomic mass is 10.0. The molecule has 1 saturated heterocycles.